The maximum atomic E-state index is 11.8. The standard InChI is InChI=1S/C13H17N3O3S/c1-20(17,18)13-6-9(14)5-12-11(13)8-16(15-12)7-10-3-2-4-19-10/h5-6,8,10H,2-4,7,14H2,1H3. The summed E-state index contributed by atoms with van der Waals surface area (Å²) in [7, 11) is -3.33. The van der Waals surface area contributed by atoms with Gasteiger partial charge in [-0.15, -0.1) is 0 Å². The normalized spacial score (nSPS) is 19.8. The van der Waals surface area contributed by atoms with E-state index in [-0.39, 0.29) is 11.0 Å². The summed E-state index contributed by atoms with van der Waals surface area (Å²) in [6.45, 7) is 1.42. The summed E-state index contributed by atoms with van der Waals surface area (Å²) < 4.78 is 31.0. The number of nitrogens with zero attached hydrogens (tertiary/aromatic N) is 2. The molecule has 0 aliphatic carbocycles. The van der Waals surface area contributed by atoms with Crippen molar-refractivity contribution in [3.05, 3.63) is 18.3 Å². The Morgan fingerprint density at radius 2 is 2.30 bits per heavy atom. The van der Waals surface area contributed by atoms with E-state index in [9.17, 15) is 8.42 Å². The van der Waals surface area contributed by atoms with Gasteiger partial charge in [-0.05, 0) is 25.0 Å². The van der Waals surface area contributed by atoms with Gasteiger partial charge < -0.3 is 10.5 Å². The first-order chi connectivity index (χ1) is 9.43. The van der Waals surface area contributed by atoms with Gasteiger partial charge in [0.1, 0.15) is 0 Å². The smallest absolute Gasteiger partial charge is 0.176 e. The highest BCUT2D eigenvalue weighted by Gasteiger charge is 2.19. The number of nitrogens with two attached hydrogens (primary N) is 1. The maximum Gasteiger partial charge on any atom is 0.176 e. The van der Waals surface area contributed by atoms with Crippen molar-refractivity contribution < 1.29 is 13.2 Å². The first-order valence-electron chi connectivity index (χ1n) is 6.52. The lowest BCUT2D eigenvalue weighted by atomic mass is 10.2. The Balaban J connectivity index is 2.05. The average Bonchev–Trinajstić information content (AvgIpc) is 2.95. The van der Waals surface area contributed by atoms with Gasteiger partial charge in [-0.1, -0.05) is 0 Å². The molecular weight excluding hydrogens is 278 g/mol. The Morgan fingerprint density at radius 3 is 2.95 bits per heavy atom. The largest absolute Gasteiger partial charge is 0.399 e. The van der Waals surface area contributed by atoms with Crippen LogP contribution in [-0.4, -0.2) is 37.2 Å². The summed E-state index contributed by atoms with van der Waals surface area (Å²) in [4.78, 5) is 0.228. The molecule has 2 heterocycles. The Hall–Kier alpha value is -1.60. The molecule has 108 valence electrons. The van der Waals surface area contributed by atoms with Crippen molar-refractivity contribution in [1.82, 2.24) is 9.78 Å². The summed E-state index contributed by atoms with van der Waals surface area (Å²) >= 11 is 0. The fraction of sp³-hybridized carbons (Fsp3) is 0.462. The summed E-state index contributed by atoms with van der Waals surface area (Å²) in [5.41, 5.74) is 6.76. The predicted molar refractivity (Wildman–Crippen MR) is 76.2 cm³/mol. The van der Waals surface area contributed by atoms with Crippen molar-refractivity contribution in [3.63, 3.8) is 0 Å². The van der Waals surface area contributed by atoms with E-state index in [0.717, 1.165) is 19.4 Å². The van der Waals surface area contributed by atoms with Gasteiger partial charge in [0, 0.05) is 30.1 Å². The molecule has 7 heteroatoms. The van der Waals surface area contributed by atoms with Crippen molar-refractivity contribution in [2.24, 2.45) is 0 Å². The van der Waals surface area contributed by atoms with E-state index in [1.54, 1.807) is 16.9 Å². The highest BCUT2D eigenvalue weighted by molar-refractivity contribution is 7.91. The molecule has 1 unspecified atom stereocenters. The number of rotatable bonds is 3. The maximum absolute atomic E-state index is 11.8. The molecule has 1 aromatic carbocycles. The Kier molecular flexibility index (Phi) is 3.18. The van der Waals surface area contributed by atoms with E-state index in [1.807, 2.05) is 0 Å². The van der Waals surface area contributed by atoms with Gasteiger partial charge in [0.2, 0.25) is 0 Å². The third kappa shape index (κ3) is 2.51. The summed E-state index contributed by atoms with van der Waals surface area (Å²) in [6.07, 6.45) is 5.17. The molecule has 2 N–H and O–H groups in total. The van der Waals surface area contributed by atoms with E-state index in [4.69, 9.17) is 10.5 Å². The summed E-state index contributed by atoms with van der Waals surface area (Å²) in [5.74, 6) is 0. The fourth-order valence-electron chi connectivity index (χ4n) is 2.56. The Morgan fingerprint density at radius 1 is 1.50 bits per heavy atom. The molecule has 2 aromatic rings. The first-order valence-corrected chi connectivity index (χ1v) is 8.41. The van der Waals surface area contributed by atoms with E-state index < -0.39 is 9.84 Å². The Bertz CT molecular complexity index is 746. The van der Waals surface area contributed by atoms with Gasteiger partial charge in [0.25, 0.3) is 0 Å². The van der Waals surface area contributed by atoms with Crippen LogP contribution in [-0.2, 0) is 21.1 Å². The fourth-order valence-corrected chi connectivity index (χ4v) is 3.47. The molecule has 6 nitrogen and oxygen atoms in total. The molecule has 0 spiro atoms. The molecule has 0 radical (unpaired) electrons. The van der Waals surface area contributed by atoms with Gasteiger partial charge >= 0.3 is 0 Å². The second-order valence-electron chi connectivity index (χ2n) is 5.21. The molecule has 0 saturated carbocycles. The zero-order chi connectivity index (χ0) is 14.3. The van der Waals surface area contributed by atoms with E-state index >= 15 is 0 Å². The number of nitrogen functional groups attached to an aromatic ring is 1. The van der Waals surface area contributed by atoms with Crippen LogP contribution < -0.4 is 5.73 Å². The molecule has 3 rings (SSSR count). The van der Waals surface area contributed by atoms with Crippen LogP contribution in [0.4, 0.5) is 5.69 Å². The molecule has 1 atom stereocenters. The zero-order valence-corrected chi connectivity index (χ0v) is 12.1. The topological polar surface area (TPSA) is 87.2 Å². The van der Waals surface area contributed by atoms with Gasteiger partial charge in [-0.25, -0.2) is 8.42 Å². The van der Waals surface area contributed by atoms with E-state index in [0.29, 0.717) is 23.1 Å². The summed E-state index contributed by atoms with van der Waals surface area (Å²) in [5, 5.41) is 5.01. The quantitative estimate of drug-likeness (QED) is 0.860. The number of fused-ring (bicyclic) bond motifs is 1. The Labute approximate surface area is 117 Å². The zero-order valence-electron chi connectivity index (χ0n) is 11.2. The van der Waals surface area contributed by atoms with Crippen LogP contribution in [0, 0.1) is 0 Å². The van der Waals surface area contributed by atoms with E-state index in [1.165, 1.54) is 12.3 Å². The van der Waals surface area contributed by atoms with Crippen LogP contribution in [0.2, 0.25) is 0 Å². The molecule has 0 amide bonds. The van der Waals surface area contributed by atoms with Crippen molar-refractivity contribution in [2.45, 2.75) is 30.4 Å². The van der Waals surface area contributed by atoms with Crippen LogP contribution >= 0.6 is 0 Å². The van der Waals surface area contributed by atoms with E-state index in [2.05, 4.69) is 5.10 Å². The number of ether oxygens (including phenoxy) is 1. The number of aromatic nitrogens is 2. The number of hydrogen-bond donors (Lipinski definition) is 1. The lowest BCUT2D eigenvalue weighted by molar-refractivity contribution is 0.0942. The number of sulfone groups is 1. The third-order valence-corrected chi connectivity index (χ3v) is 4.61. The van der Waals surface area contributed by atoms with Crippen LogP contribution in [0.1, 0.15) is 12.8 Å². The molecule has 0 bridgehead atoms. The first kappa shape index (κ1) is 13.4. The molecule has 20 heavy (non-hydrogen) atoms. The molecule has 1 fully saturated rings. The molecule has 1 aliphatic rings. The lowest BCUT2D eigenvalue weighted by Crippen LogP contribution is -2.15. The van der Waals surface area contributed by atoms with Gasteiger partial charge in [0.05, 0.1) is 23.1 Å². The van der Waals surface area contributed by atoms with Crippen LogP contribution in [0.25, 0.3) is 10.9 Å². The molecule has 1 saturated heterocycles. The number of anilines is 1. The second-order valence-corrected chi connectivity index (χ2v) is 7.19. The predicted octanol–water partition coefficient (Wildman–Crippen LogP) is 1.20. The monoisotopic (exact) mass is 295 g/mol. The van der Waals surface area contributed by atoms with Crippen LogP contribution in [0.5, 0.6) is 0 Å². The highest BCUT2D eigenvalue weighted by Crippen LogP contribution is 2.26. The minimum atomic E-state index is -3.33. The number of hydrogen-bond acceptors (Lipinski definition) is 5. The SMILES string of the molecule is CS(=O)(=O)c1cc(N)cc2nn(CC3CCCO3)cc12. The van der Waals surface area contributed by atoms with Gasteiger partial charge in [0.15, 0.2) is 9.84 Å². The molecule has 1 aliphatic heterocycles. The molecule has 1 aromatic heterocycles. The van der Waals surface area contributed by atoms with Gasteiger partial charge in [-0.3, -0.25) is 4.68 Å². The van der Waals surface area contributed by atoms with Crippen molar-refractivity contribution in [2.75, 3.05) is 18.6 Å². The van der Waals surface area contributed by atoms with Crippen LogP contribution in [0.3, 0.4) is 0 Å². The van der Waals surface area contributed by atoms with Crippen molar-refractivity contribution in [3.8, 4) is 0 Å². The summed E-state index contributed by atoms with van der Waals surface area (Å²) in [6, 6.07) is 3.17. The number of benzene rings is 1. The molecular formula is C13H17N3O3S. The van der Waals surface area contributed by atoms with Gasteiger partial charge in [-0.2, -0.15) is 5.10 Å². The minimum Gasteiger partial charge on any atom is -0.399 e. The average molecular weight is 295 g/mol. The lowest BCUT2D eigenvalue weighted by Gasteiger charge is -2.08. The van der Waals surface area contributed by atoms with Crippen molar-refractivity contribution >= 4 is 26.4 Å². The third-order valence-electron chi connectivity index (χ3n) is 3.47. The second kappa shape index (κ2) is 4.75. The van der Waals surface area contributed by atoms with Crippen LogP contribution in [0.15, 0.2) is 23.2 Å². The highest BCUT2D eigenvalue weighted by atomic mass is 32.2. The minimum absolute atomic E-state index is 0.156. The van der Waals surface area contributed by atoms with Crippen molar-refractivity contribution in [1.29, 1.82) is 0 Å².